The van der Waals surface area contributed by atoms with E-state index in [2.05, 4.69) is 27.7 Å². The lowest BCUT2D eigenvalue weighted by atomic mass is 9.97. The van der Waals surface area contributed by atoms with Crippen molar-refractivity contribution < 1.29 is 9.90 Å². The Labute approximate surface area is 169 Å². The molecule has 1 aliphatic rings. The molecule has 7 heteroatoms. The van der Waals surface area contributed by atoms with E-state index in [9.17, 15) is 9.90 Å². The van der Waals surface area contributed by atoms with Crippen molar-refractivity contribution in [3.05, 3.63) is 58.1 Å². The topological polar surface area (TPSA) is 64.6 Å². The summed E-state index contributed by atoms with van der Waals surface area (Å²) in [4.78, 5) is 14.4. The molecular formula is C20H23Cl2N3O2. The number of nitrogens with zero attached hydrogens (tertiary/aromatic N) is 1. The maximum absolute atomic E-state index is 12.0. The van der Waals surface area contributed by atoms with Crippen LogP contribution in [0.3, 0.4) is 0 Å². The lowest BCUT2D eigenvalue weighted by Gasteiger charge is -2.33. The van der Waals surface area contributed by atoms with Gasteiger partial charge in [-0.3, -0.25) is 0 Å². The van der Waals surface area contributed by atoms with Gasteiger partial charge in [-0.05, 0) is 54.7 Å². The van der Waals surface area contributed by atoms with Crippen LogP contribution in [0, 0.1) is 5.92 Å². The smallest absolute Gasteiger partial charge is 0.319 e. The monoisotopic (exact) mass is 407 g/mol. The summed E-state index contributed by atoms with van der Waals surface area (Å²) in [6.45, 7) is 2.65. The third kappa shape index (κ3) is 5.51. The number of halogens is 2. The summed E-state index contributed by atoms with van der Waals surface area (Å²) in [7, 11) is 0. The zero-order valence-corrected chi connectivity index (χ0v) is 16.4. The van der Waals surface area contributed by atoms with Crippen molar-refractivity contribution in [2.45, 2.75) is 19.4 Å². The molecule has 0 saturated carbocycles. The second kappa shape index (κ2) is 9.31. The standard InChI is InChI=1S/C20H23Cl2N3O2/c21-18-6-3-16(11-19(18)22)24-20(27)23-12-14-1-4-17(5-2-14)25-9-7-15(13-26)8-10-25/h1-6,11,15,26H,7-10,12-13H2,(H2,23,24,27). The van der Waals surface area contributed by atoms with Crippen molar-refractivity contribution in [1.82, 2.24) is 5.32 Å². The summed E-state index contributed by atoms with van der Waals surface area (Å²) in [5, 5.41) is 15.6. The van der Waals surface area contributed by atoms with Gasteiger partial charge in [0.15, 0.2) is 0 Å². The number of anilines is 2. The normalized spacial score (nSPS) is 14.9. The number of aliphatic hydroxyl groups is 1. The molecular weight excluding hydrogens is 385 g/mol. The Morgan fingerprint density at radius 2 is 1.78 bits per heavy atom. The molecule has 1 fully saturated rings. The van der Waals surface area contributed by atoms with Gasteiger partial charge in [-0.15, -0.1) is 0 Å². The summed E-state index contributed by atoms with van der Waals surface area (Å²) in [6, 6.07) is 12.8. The van der Waals surface area contributed by atoms with E-state index >= 15 is 0 Å². The highest BCUT2D eigenvalue weighted by molar-refractivity contribution is 6.42. The van der Waals surface area contributed by atoms with Crippen LogP contribution in [0.15, 0.2) is 42.5 Å². The highest BCUT2D eigenvalue weighted by Gasteiger charge is 2.18. The van der Waals surface area contributed by atoms with Crippen molar-refractivity contribution in [2.75, 3.05) is 29.9 Å². The molecule has 0 atom stereocenters. The van der Waals surface area contributed by atoms with Crippen molar-refractivity contribution >= 4 is 40.6 Å². The fourth-order valence-electron chi connectivity index (χ4n) is 3.13. The summed E-state index contributed by atoms with van der Waals surface area (Å²) in [5.74, 6) is 0.429. The first-order valence-corrected chi connectivity index (χ1v) is 9.75. The SMILES string of the molecule is O=C(NCc1ccc(N2CCC(CO)CC2)cc1)Nc1ccc(Cl)c(Cl)c1. The maximum atomic E-state index is 12.0. The number of rotatable bonds is 5. The Balaban J connectivity index is 1.48. The summed E-state index contributed by atoms with van der Waals surface area (Å²) >= 11 is 11.8. The molecule has 2 aromatic carbocycles. The Bertz CT molecular complexity index is 775. The largest absolute Gasteiger partial charge is 0.396 e. The molecule has 0 unspecified atom stereocenters. The number of hydrogen-bond donors (Lipinski definition) is 3. The third-order valence-electron chi connectivity index (χ3n) is 4.80. The second-order valence-corrected chi connectivity index (χ2v) is 7.53. The van der Waals surface area contributed by atoms with E-state index in [0.717, 1.165) is 31.5 Å². The molecule has 0 aliphatic carbocycles. The van der Waals surface area contributed by atoms with Crippen molar-refractivity contribution in [3.8, 4) is 0 Å². The molecule has 2 amide bonds. The molecule has 0 radical (unpaired) electrons. The molecule has 3 rings (SSSR count). The Morgan fingerprint density at radius 3 is 2.41 bits per heavy atom. The van der Waals surface area contributed by atoms with Gasteiger partial charge in [0.05, 0.1) is 10.0 Å². The van der Waals surface area contributed by atoms with Crippen molar-refractivity contribution in [1.29, 1.82) is 0 Å². The van der Waals surface area contributed by atoms with E-state index < -0.39 is 0 Å². The molecule has 5 nitrogen and oxygen atoms in total. The number of benzene rings is 2. The second-order valence-electron chi connectivity index (χ2n) is 6.72. The first-order valence-electron chi connectivity index (χ1n) is 9.00. The first-order chi connectivity index (χ1) is 13.0. The highest BCUT2D eigenvalue weighted by Crippen LogP contribution is 2.25. The van der Waals surface area contributed by atoms with Gasteiger partial charge >= 0.3 is 6.03 Å². The lowest BCUT2D eigenvalue weighted by molar-refractivity contribution is 0.203. The Kier molecular flexibility index (Phi) is 6.83. The van der Waals surface area contributed by atoms with Crippen LogP contribution in [0.1, 0.15) is 18.4 Å². The van der Waals surface area contributed by atoms with Crippen LogP contribution in [-0.4, -0.2) is 30.8 Å². The van der Waals surface area contributed by atoms with Crippen LogP contribution in [0.2, 0.25) is 10.0 Å². The van der Waals surface area contributed by atoms with Gasteiger partial charge in [0.2, 0.25) is 0 Å². The fourth-order valence-corrected chi connectivity index (χ4v) is 3.43. The van der Waals surface area contributed by atoms with Crippen molar-refractivity contribution in [3.63, 3.8) is 0 Å². The van der Waals surface area contributed by atoms with Crippen LogP contribution in [-0.2, 0) is 6.54 Å². The Hall–Kier alpha value is -1.95. The van der Waals surface area contributed by atoms with Gasteiger partial charge in [-0.1, -0.05) is 35.3 Å². The number of carbonyl (C=O) groups is 1. The van der Waals surface area contributed by atoms with Crippen LogP contribution in [0.25, 0.3) is 0 Å². The Morgan fingerprint density at radius 1 is 1.07 bits per heavy atom. The molecule has 0 aromatic heterocycles. The average molecular weight is 408 g/mol. The van der Waals surface area contributed by atoms with Gasteiger partial charge in [0, 0.05) is 37.6 Å². The number of aliphatic hydroxyl groups excluding tert-OH is 1. The van der Waals surface area contributed by atoms with E-state index in [0.29, 0.717) is 28.2 Å². The molecule has 1 aliphatic heterocycles. The van der Waals surface area contributed by atoms with E-state index in [1.54, 1.807) is 18.2 Å². The zero-order chi connectivity index (χ0) is 19.2. The number of urea groups is 1. The maximum Gasteiger partial charge on any atom is 0.319 e. The van der Waals surface area contributed by atoms with Crippen LogP contribution in [0.4, 0.5) is 16.2 Å². The predicted molar refractivity (Wildman–Crippen MR) is 111 cm³/mol. The predicted octanol–water partition coefficient (Wildman–Crippen LogP) is 4.52. The minimum Gasteiger partial charge on any atom is -0.396 e. The van der Waals surface area contributed by atoms with Gasteiger partial charge < -0.3 is 20.6 Å². The molecule has 0 bridgehead atoms. The molecule has 1 saturated heterocycles. The van der Waals surface area contributed by atoms with E-state index in [1.165, 1.54) is 5.69 Å². The highest BCUT2D eigenvalue weighted by atomic mass is 35.5. The number of amides is 2. The van der Waals surface area contributed by atoms with Gasteiger partial charge in [-0.25, -0.2) is 4.79 Å². The summed E-state index contributed by atoms with van der Waals surface area (Å²) < 4.78 is 0. The number of piperidine rings is 1. The first kappa shape index (κ1) is 19.8. The van der Waals surface area contributed by atoms with Crippen LogP contribution >= 0.6 is 23.2 Å². The fraction of sp³-hybridized carbons (Fsp3) is 0.350. The zero-order valence-electron chi connectivity index (χ0n) is 14.9. The number of nitrogens with one attached hydrogen (secondary N) is 2. The molecule has 27 heavy (non-hydrogen) atoms. The number of hydrogen-bond acceptors (Lipinski definition) is 3. The van der Waals surface area contributed by atoms with Crippen LogP contribution < -0.4 is 15.5 Å². The minimum atomic E-state index is -0.302. The number of carbonyl (C=O) groups excluding carboxylic acids is 1. The summed E-state index contributed by atoms with van der Waals surface area (Å²) in [6.07, 6.45) is 2.05. The third-order valence-corrected chi connectivity index (χ3v) is 5.54. The molecule has 0 spiro atoms. The molecule has 3 N–H and O–H groups in total. The molecule has 1 heterocycles. The summed E-state index contributed by atoms with van der Waals surface area (Å²) in [5.41, 5.74) is 2.78. The van der Waals surface area contributed by atoms with Gasteiger partial charge in [0.1, 0.15) is 0 Å². The lowest BCUT2D eigenvalue weighted by Crippen LogP contribution is -2.34. The van der Waals surface area contributed by atoms with E-state index in [4.69, 9.17) is 23.2 Å². The van der Waals surface area contributed by atoms with E-state index in [1.807, 2.05) is 12.1 Å². The van der Waals surface area contributed by atoms with Gasteiger partial charge in [-0.2, -0.15) is 0 Å². The molecule has 2 aromatic rings. The van der Waals surface area contributed by atoms with Crippen molar-refractivity contribution in [2.24, 2.45) is 5.92 Å². The quantitative estimate of drug-likeness (QED) is 0.682. The average Bonchev–Trinajstić information content (AvgIpc) is 2.70. The van der Waals surface area contributed by atoms with Gasteiger partial charge in [0.25, 0.3) is 0 Å². The minimum absolute atomic E-state index is 0.280. The van der Waals surface area contributed by atoms with Crippen LogP contribution in [0.5, 0.6) is 0 Å². The molecule has 144 valence electrons. The van der Waals surface area contributed by atoms with E-state index in [-0.39, 0.29) is 12.6 Å².